The molecule has 128 valence electrons. The van der Waals surface area contributed by atoms with E-state index in [4.69, 9.17) is 18.7 Å². The van der Waals surface area contributed by atoms with Crippen LogP contribution in [0.5, 0.6) is 11.5 Å². The number of benzene rings is 2. The van der Waals surface area contributed by atoms with Gasteiger partial charge in [-0.25, -0.2) is 0 Å². The molecule has 0 atom stereocenters. The second-order valence-electron chi connectivity index (χ2n) is 5.78. The first-order chi connectivity index (χ1) is 12.3. The fourth-order valence-corrected chi connectivity index (χ4v) is 2.93. The minimum absolute atomic E-state index is 0.499. The normalized spacial score (nSPS) is 13.4. The maximum Gasteiger partial charge on any atom is 0.258 e. The first-order valence-corrected chi connectivity index (χ1v) is 8.04. The third kappa shape index (κ3) is 2.96. The van der Waals surface area contributed by atoms with Crippen LogP contribution in [0.4, 0.5) is 0 Å². The van der Waals surface area contributed by atoms with Gasteiger partial charge in [-0.15, -0.1) is 0 Å². The molecule has 1 aromatic heterocycles. The van der Waals surface area contributed by atoms with Crippen molar-refractivity contribution in [1.29, 1.82) is 0 Å². The van der Waals surface area contributed by atoms with Gasteiger partial charge >= 0.3 is 0 Å². The van der Waals surface area contributed by atoms with Crippen molar-refractivity contribution in [3.8, 4) is 34.3 Å². The zero-order valence-electron chi connectivity index (χ0n) is 14.1. The van der Waals surface area contributed by atoms with E-state index in [1.165, 1.54) is 11.1 Å². The van der Waals surface area contributed by atoms with Gasteiger partial charge in [-0.1, -0.05) is 11.2 Å². The lowest BCUT2D eigenvalue weighted by atomic mass is 10.0. The van der Waals surface area contributed by atoms with E-state index in [0.717, 1.165) is 24.2 Å². The van der Waals surface area contributed by atoms with Gasteiger partial charge < -0.3 is 18.7 Å². The molecule has 0 saturated heterocycles. The topological polar surface area (TPSA) is 66.6 Å². The van der Waals surface area contributed by atoms with E-state index in [1.807, 2.05) is 24.3 Å². The van der Waals surface area contributed by atoms with Crippen LogP contribution >= 0.6 is 0 Å². The molecule has 2 aromatic carbocycles. The van der Waals surface area contributed by atoms with Gasteiger partial charge in [0.25, 0.3) is 5.89 Å². The summed E-state index contributed by atoms with van der Waals surface area (Å²) in [6.45, 7) is 1.41. The monoisotopic (exact) mass is 338 g/mol. The molecule has 2 heterocycles. The number of fused-ring (bicyclic) bond motifs is 1. The molecule has 6 nitrogen and oxygen atoms in total. The molecule has 3 aromatic rings. The number of ether oxygens (including phenoxy) is 3. The molecular weight excluding hydrogens is 320 g/mol. The van der Waals surface area contributed by atoms with E-state index < -0.39 is 0 Å². The summed E-state index contributed by atoms with van der Waals surface area (Å²) in [5.74, 6) is 2.29. The standard InChI is InChI=1S/C19H18N2O4/c1-22-16-6-5-13(10-17(16)23-2)18-20-19(25-21-18)14-3-4-15-11-24-8-7-12(15)9-14/h3-6,9-10H,7-8,11H2,1-2H3. The molecule has 0 unspecified atom stereocenters. The van der Waals surface area contributed by atoms with Crippen LogP contribution in [0.25, 0.3) is 22.8 Å². The van der Waals surface area contributed by atoms with Crippen LogP contribution in [0, 0.1) is 0 Å². The Labute approximate surface area is 145 Å². The Balaban J connectivity index is 1.66. The van der Waals surface area contributed by atoms with E-state index in [0.29, 0.717) is 29.8 Å². The Morgan fingerprint density at radius 1 is 0.920 bits per heavy atom. The molecular formula is C19H18N2O4. The first-order valence-electron chi connectivity index (χ1n) is 8.04. The van der Waals surface area contributed by atoms with Gasteiger partial charge in [-0.3, -0.25) is 0 Å². The summed E-state index contributed by atoms with van der Waals surface area (Å²) in [4.78, 5) is 4.53. The number of methoxy groups -OCH3 is 2. The number of rotatable bonds is 4. The van der Waals surface area contributed by atoms with Gasteiger partial charge in [0, 0.05) is 11.1 Å². The lowest BCUT2D eigenvalue weighted by Gasteiger charge is -2.16. The maximum atomic E-state index is 5.47. The summed E-state index contributed by atoms with van der Waals surface area (Å²) in [7, 11) is 3.20. The summed E-state index contributed by atoms with van der Waals surface area (Å²) in [5.41, 5.74) is 4.21. The SMILES string of the molecule is COc1ccc(-c2noc(-c3ccc4c(c3)CCOC4)n2)cc1OC. The highest BCUT2D eigenvalue weighted by molar-refractivity contribution is 5.64. The minimum atomic E-state index is 0.499. The van der Waals surface area contributed by atoms with Gasteiger partial charge in [-0.05, 0) is 47.9 Å². The molecule has 0 fully saturated rings. The van der Waals surface area contributed by atoms with Gasteiger partial charge in [0.15, 0.2) is 11.5 Å². The van der Waals surface area contributed by atoms with Crippen LogP contribution in [0.1, 0.15) is 11.1 Å². The molecule has 0 N–H and O–H groups in total. The lowest BCUT2D eigenvalue weighted by molar-refractivity contribution is 0.111. The Bertz CT molecular complexity index is 850. The van der Waals surface area contributed by atoms with E-state index in [2.05, 4.69) is 22.3 Å². The Morgan fingerprint density at radius 3 is 2.60 bits per heavy atom. The van der Waals surface area contributed by atoms with Crippen molar-refractivity contribution in [2.75, 3.05) is 20.8 Å². The van der Waals surface area contributed by atoms with Crippen LogP contribution in [0.3, 0.4) is 0 Å². The molecule has 25 heavy (non-hydrogen) atoms. The summed E-state index contributed by atoms with van der Waals surface area (Å²) in [6, 6.07) is 11.7. The quantitative estimate of drug-likeness (QED) is 0.725. The number of aromatic nitrogens is 2. The van der Waals surface area contributed by atoms with Crippen molar-refractivity contribution in [3.05, 3.63) is 47.5 Å². The first kappa shape index (κ1) is 15.7. The number of hydrogen-bond donors (Lipinski definition) is 0. The molecule has 0 amide bonds. The largest absolute Gasteiger partial charge is 0.493 e. The van der Waals surface area contributed by atoms with Gasteiger partial charge in [0.1, 0.15) is 0 Å². The molecule has 0 aliphatic carbocycles. The molecule has 0 spiro atoms. The zero-order valence-corrected chi connectivity index (χ0v) is 14.1. The van der Waals surface area contributed by atoms with Crippen molar-refractivity contribution in [1.82, 2.24) is 10.1 Å². The summed E-state index contributed by atoms with van der Waals surface area (Å²) < 4.78 is 21.5. The number of nitrogens with zero attached hydrogens (tertiary/aromatic N) is 2. The average molecular weight is 338 g/mol. The zero-order chi connectivity index (χ0) is 17.2. The molecule has 1 aliphatic rings. The fourth-order valence-electron chi connectivity index (χ4n) is 2.93. The molecule has 1 aliphatic heterocycles. The minimum Gasteiger partial charge on any atom is -0.493 e. The van der Waals surface area contributed by atoms with Crippen LogP contribution in [-0.4, -0.2) is 31.0 Å². The van der Waals surface area contributed by atoms with Crippen molar-refractivity contribution < 1.29 is 18.7 Å². The van der Waals surface area contributed by atoms with Crippen LogP contribution in [0.15, 0.2) is 40.9 Å². The van der Waals surface area contributed by atoms with E-state index in [-0.39, 0.29) is 0 Å². The van der Waals surface area contributed by atoms with Crippen LogP contribution in [0.2, 0.25) is 0 Å². The van der Waals surface area contributed by atoms with Crippen molar-refractivity contribution in [3.63, 3.8) is 0 Å². The van der Waals surface area contributed by atoms with Gasteiger partial charge in [-0.2, -0.15) is 4.98 Å². The molecule has 0 bridgehead atoms. The molecule has 0 radical (unpaired) electrons. The van der Waals surface area contributed by atoms with E-state index >= 15 is 0 Å². The lowest BCUT2D eigenvalue weighted by Crippen LogP contribution is -2.09. The fraction of sp³-hybridized carbons (Fsp3) is 0.263. The van der Waals surface area contributed by atoms with Gasteiger partial charge in [0.2, 0.25) is 5.82 Å². The Kier molecular flexibility index (Phi) is 4.11. The second kappa shape index (κ2) is 6.57. The predicted octanol–water partition coefficient (Wildman–Crippen LogP) is 3.49. The highest BCUT2D eigenvalue weighted by atomic mass is 16.5. The smallest absolute Gasteiger partial charge is 0.258 e. The third-order valence-corrected chi connectivity index (χ3v) is 4.29. The van der Waals surface area contributed by atoms with E-state index in [1.54, 1.807) is 14.2 Å². The maximum absolute atomic E-state index is 5.47. The third-order valence-electron chi connectivity index (χ3n) is 4.29. The van der Waals surface area contributed by atoms with Crippen LogP contribution in [-0.2, 0) is 17.8 Å². The number of hydrogen-bond acceptors (Lipinski definition) is 6. The Morgan fingerprint density at radius 2 is 1.76 bits per heavy atom. The van der Waals surface area contributed by atoms with Crippen molar-refractivity contribution >= 4 is 0 Å². The predicted molar refractivity (Wildman–Crippen MR) is 91.6 cm³/mol. The van der Waals surface area contributed by atoms with Crippen LogP contribution < -0.4 is 9.47 Å². The highest BCUT2D eigenvalue weighted by Gasteiger charge is 2.16. The van der Waals surface area contributed by atoms with Crippen molar-refractivity contribution in [2.24, 2.45) is 0 Å². The summed E-state index contributed by atoms with van der Waals surface area (Å²) >= 11 is 0. The highest BCUT2D eigenvalue weighted by Crippen LogP contribution is 2.32. The van der Waals surface area contributed by atoms with E-state index in [9.17, 15) is 0 Å². The summed E-state index contributed by atoms with van der Waals surface area (Å²) in [5, 5.41) is 4.10. The average Bonchev–Trinajstić information content (AvgIpc) is 3.17. The van der Waals surface area contributed by atoms with Gasteiger partial charge in [0.05, 0.1) is 27.4 Å². The molecule has 4 rings (SSSR count). The Hall–Kier alpha value is -2.86. The van der Waals surface area contributed by atoms with Crippen molar-refractivity contribution in [2.45, 2.75) is 13.0 Å². The summed E-state index contributed by atoms with van der Waals surface area (Å²) in [6.07, 6.45) is 0.903. The second-order valence-corrected chi connectivity index (χ2v) is 5.78. The molecule has 0 saturated carbocycles. The molecule has 6 heteroatoms.